The first-order valence-corrected chi connectivity index (χ1v) is 8.72. The Labute approximate surface area is 138 Å². The van der Waals surface area contributed by atoms with Crippen LogP contribution in [0.15, 0.2) is 47.5 Å². The van der Waals surface area contributed by atoms with Crippen LogP contribution < -0.4 is 0 Å². The highest BCUT2D eigenvalue weighted by molar-refractivity contribution is 5.11. The summed E-state index contributed by atoms with van der Waals surface area (Å²) >= 11 is 0. The first-order valence-electron chi connectivity index (χ1n) is 8.72. The molecule has 122 valence electrons. The van der Waals surface area contributed by atoms with Crippen LogP contribution in [0.2, 0.25) is 0 Å². The van der Waals surface area contributed by atoms with Crippen molar-refractivity contribution in [3.05, 3.63) is 54.2 Å². The molecule has 2 fully saturated rings. The highest BCUT2D eigenvalue weighted by Gasteiger charge is 2.42. The molecule has 2 aliphatic rings. The minimum Gasteiger partial charge on any atom is -0.472 e. The molecule has 0 saturated carbocycles. The van der Waals surface area contributed by atoms with Gasteiger partial charge in [0.05, 0.1) is 12.5 Å². The predicted octanol–water partition coefficient (Wildman–Crippen LogP) is 3.31. The molecule has 4 heterocycles. The molecule has 4 heteroatoms. The van der Waals surface area contributed by atoms with Crippen molar-refractivity contribution in [1.29, 1.82) is 0 Å². The second-order valence-corrected chi connectivity index (χ2v) is 7.02. The molecule has 4 nitrogen and oxygen atoms in total. The number of likely N-dealkylation sites (tertiary alicyclic amines) is 2. The fourth-order valence-corrected chi connectivity index (χ4v) is 4.29. The molecule has 0 atom stereocenters. The lowest BCUT2D eigenvalue weighted by Gasteiger charge is -2.45. The first-order chi connectivity index (χ1) is 11.3. The zero-order valence-electron chi connectivity index (χ0n) is 13.7. The molecule has 0 unspecified atom stereocenters. The van der Waals surface area contributed by atoms with Gasteiger partial charge in [-0.25, -0.2) is 0 Å². The van der Waals surface area contributed by atoms with E-state index in [1.54, 1.807) is 6.26 Å². The topological polar surface area (TPSA) is 32.5 Å². The van der Waals surface area contributed by atoms with E-state index in [1.165, 1.54) is 56.4 Å². The Morgan fingerprint density at radius 1 is 1.04 bits per heavy atom. The normalized spacial score (nSPS) is 21.9. The number of aromatic nitrogens is 1. The fraction of sp³-hybridized carbons (Fsp3) is 0.526. The maximum Gasteiger partial charge on any atom is 0.0947 e. The first kappa shape index (κ1) is 14.9. The van der Waals surface area contributed by atoms with Crippen molar-refractivity contribution >= 4 is 0 Å². The van der Waals surface area contributed by atoms with E-state index >= 15 is 0 Å². The molecule has 2 aliphatic heterocycles. The largest absolute Gasteiger partial charge is 0.472 e. The fourth-order valence-electron chi connectivity index (χ4n) is 4.29. The summed E-state index contributed by atoms with van der Waals surface area (Å²) in [5.74, 6) is 0. The van der Waals surface area contributed by atoms with E-state index in [9.17, 15) is 0 Å². The molecule has 0 radical (unpaired) electrons. The highest BCUT2D eigenvalue weighted by atomic mass is 16.3. The van der Waals surface area contributed by atoms with E-state index in [0.717, 1.165) is 13.1 Å². The third kappa shape index (κ3) is 3.19. The van der Waals surface area contributed by atoms with E-state index < -0.39 is 0 Å². The summed E-state index contributed by atoms with van der Waals surface area (Å²) in [6.45, 7) is 5.69. The molecule has 23 heavy (non-hydrogen) atoms. The number of furan rings is 1. The molecule has 0 N–H and O–H groups in total. The minimum absolute atomic E-state index is 0.419. The number of rotatable bonds is 4. The third-order valence-electron chi connectivity index (χ3n) is 5.61. The molecule has 0 bridgehead atoms. The van der Waals surface area contributed by atoms with Crippen LogP contribution in [0.5, 0.6) is 0 Å². The van der Waals surface area contributed by atoms with Crippen molar-refractivity contribution in [2.45, 2.75) is 44.3 Å². The number of hydrogen-bond acceptors (Lipinski definition) is 4. The molecule has 0 amide bonds. The Morgan fingerprint density at radius 2 is 1.96 bits per heavy atom. The Kier molecular flexibility index (Phi) is 4.19. The Morgan fingerprint density at radius 3 is 2.70 bits per heavy atom. The molecule has 2 saturated heterocycles. The van der Waals surface area contributed by atoms with E-state index in [0.29, 0.717) is 5.54 Å². The van der Waals surface area contributed by atoms with E-state index in [2.05, 4.69) is 26.9 Å². The minimum atomic E-state index is 0.419. The summed E-state index contributed by atoms with van der Waals surface area (Å²) in [5.41, 5.74) is 3.05. The Bertz CT molecular complexity index is 603. The Balaban J connectivity index is 1.38. The smallest absolute Gasteiger partial charge is 0.0947 e. The SMILES string of the molecule is c1cncc(CN2CCCC23CCN(Cc2ccoc2)CC3)c1. The van der Waals surface area contributed by atoms with Gasteiger partial charge >= 0.3 is 0 Å². The summed E-state index contributed by atoms with van der Waals surface area (Å²) in [4.78, 5) is 9.56. The number of hydrogen-bond donors (Lipinski definition) is 0. The van der Waals surface area contributed by atoms with Crippen molar-refractivity contribution in [2.24, 2.45) is 0 Å². The highest BCUT2D eigenvalue weighted by Crippen LogP contribution is 2.39. The van der Waals surface area contributed by atoms with Crippen molar-refractivity contribution in [2.75, 3.05) is 19.6 Å². The molecular weight excluding hydrogens is 286 g/mol. The molecule has 0 aromatic carbocycles. The zero-order chi connectivity index (χ0) is 15.5. The van der Waals surface area contributed by atoms with Crippen LogP contribution in [-0.2, 0) is 13.1 Å². The van der Waals surface area contributed by atoms with Crippen molar-refractivity contribution in [3.8, 4) is 0 Å². The van der Waals surface area contributed by atoms with Crippen LogP contribution in [0.1, 0.15) is 36.8 Å². The van der Waals surface area contributed by atoms with Crippen molar-refractivity contribution in [3.63, 3.8) is 0 Å². The average Bonchev–Trinajstić information content (AvgIpc) is 3.22. The lowest BCUT2D eigenvalue weighted by molar-refractivity contribution is 0.0449. The third-order valence-corrected chi connectivity index (χ3v) is 5.61. The molecule has 2 aromatic heterocycles. The van der Waals surface area contributed by atoms with Gasteiger partial charge in [0.25, 0.3) is 0 Å². The van der Waals surface area contributed by atoms with Gasteiger partial charge in [0, 0.05) is 49.7 Å². The summed E-state index contributed by atoms with van der Waals surface area (Å²) in [6.07, 6.45) is 12.8. The molecular formula is C19H25N3O. The lowest BCUT2D eigenvalue weighted by Crippen LogP contribution is -2.51. The van der Waals surface area contributed by atoms with Crippen LogP contribution in [-0.4, -0.2) is 40.0 Å². The van der Waals surface area contributed by atoms with Crippen LogP contribution in [0.4, 0.5) is 0 Å². The van der Waals surface area contributed by atoms with Crippen molar-refractivity contribution in [1.82, 2.24) is 14.8 Å². The Hall–Kier alpha value is -1.65. The van der Waals surface area contributed by atoms with Crippen LogP contribution in [0, 0.1) is 0 Å². The van der Waals surface area contributed by atoms with Gasteiger partial charge in [0.15, 0.2) is 0 Å². The summed E-state index contributed by atoms with van der Waals surface area (Å²) in [7, 11) is 0. The average molecular weight is 311 g/mol. The van der Waals surface area contributed by atoms with Gasteiger partial charge in [-0.05, 0) is 49.9 Å². The van der Waals surface area contributed by atoms with E-state index in [-0.39, 0.29) is 0 Å². The second-order valence-electron chi connectivity index (χ2n) is 7.02. The molecule has 2 aromatic rings. The molecule has 1 spiro atoms. The van der Waals surface area contributed by atoms with Crippen molar-refractivity contribution < 1.29 is 4.42 Å². The summed E-state index contributed by atoms with van der Waals surface area (Å²) in [6, 6.07) is 6.33. The standard InChI is InChI=1S/C19H25N3O/c1-3-17(13-20-8-1)15-22-9-2-5-19(22)6-10-21(11-7-19)14-18-4-12-23-16-18/h1,3-4,8,12-13,16H,2,5-7,9-11,14-15H2. The van der Waals surface area contributed by atoms with Gasteiger partial charge in [0.2, 0.25) is 0 Å². The van der Waals surface area contributed by atoms with Gasteiger partial charge in [0.1, 0.15) is 0 Å². The quantitative estimate of drug-likeness (QED) is 0.867. The number of nitrogens with zero attached hydrogens (tertiary/aromatic N) is 3. The number of piperidine rings is 1. The lowest BCUT2D eigenvalue weighted by atomic mass is 9.84. The zero-order valence-corrected chi connectivity index (χ0v) is 13.7. The van der Waals surface area contributed by atoms with E-state index in [1.807, 2.05) is 24.7 Å². The molecule has 0 aliphatic carbocycles. The monoisotopic (exact) mass is 311 g/mol. The maximum absolute atomic E-state index is 5.19. The van der Waals surface area contributed by atoms with Crippen LogP contribution in [0.3, 0.4) is 0 Å². The second kappa shape index (κ2) is 6.46. The molecule has 4 rings (SSSR count). The van der Waals surface area contributed by atoms with Gasteiger partial charge < -0.3 is 4.42 Å². The number of pyridine rings is 1. The van der Waals surface area contributed by atoms with Gasteiger partial charge in [-0.3, -0.25) is 14.8 Å². The summed E-state index contributed by atoms with van der Waals surface area (Å²) < 4.78 is 5.19. The van der Waals surface area contributed by atoms with Gasteiger partial charge in [-0.2, -0.15) is 0 Å². The van der Waals surface area contributed by atoms with Crippen LogP contribution in [0.25, 0.3) is 0 Å². The van der Waals surface area contributed by atoms with Crippen LogP contribution >= 0.6 is 0 Å². The summed E-state index contributed by atoms with van der Waals surface area (Å²) in [5, 5.41) is 0. The van der Waals surface area contributed by atoms with E-state index in [4.69, 9.17) is 4.42 Å². The van der Waals surface area contributed by atoms with Gasteiger partial charge in [-0.15, -0.1) is 0 Å². The predicted molar refractivity (Wildman–Crippen MR) is 89.8 cm³/mol. The maximum atomic E-state index is 5.19. The van der Waals surface area contributed by atoms with Gasteiger partial charge in [-0.1, -0.05) is 6.07 Å².